The van der Waals surface area contributed by atoms with Crippen molar-refractivity contribution in [2.24, 2.45) is 16.8 Å². The Balaban J connectivity index is 1.93. The van der Waals surface area contributed by atoms with Crippen LogP contribution in [0.2, 0.25) is 0 Å². The van der Waals surface area contributed by atoms with E-state index in [4.69, 9.17) is 15.2 Å². The summed E-state index contributed by atoms with van der Waals surface area (Å²) in [6.45, 7) is 5.37. The molecule has 10 heteroatoms. The van der Waals surface area contributed by atoms with Crippen LogP contribution in [0.3, 0.4) is 0 Å². The SMILES string of the molecule is Cc1ccccc1OCC(=O)N[C@H](CC(C)C)C(=O)N/N=C\c1ccc(OCC(N)=O)c(Br)c1. The molecule has 2 aromatic carbocycles. The molecule has 34 heavy (non-hydrogen) atoms. The van der Waals surface area contributed by atoms with E-state index in [1.165, 1.54) is 6.21 Å². The van der Waals surface area contributed by atoms with Crippen molar-refractivity contribution in [3.63, 3.8) is 0 Å². The summed E-state index contributed by atoms with van der Waals surface area (Å²) in [6, 6.07) is 11.7. The molecule has 1 atom stereocenters. The second kappa shape index (κ2) is 13.3. The van der Waals surface area contributed by atoms with E-state index in [1.807, 2.05) is 39.0 Å². The Morgan fingerprint density at radius 1 is 1.09 bits per heavy atom. The lowest BCUT2D eigenvalue weighted by molar-refractivity contribution is -0.130. The number of nitrogens with two attached hydrogens (primary N) is 1. The van der Waals surface area contributed by atoms with E-state index < -0.39 is 23.8 Å². The van der Waals surface area contributed by atoms with Crippen LogP contribution in [0.15, 0.2) is 52.0 Å². The third kappa shape index (κ3) is 9.22. The monoisotopic (exact) mass is 532 g/mol. The van der Waals surface area contributed by atoms with Gasteiger partial charge in [-0.15, -0.1) is 0 Å². The Kier molecular flexibility index (Phi) is 10.5. The fourth-order valence-electron chi connectivity index (χ4n) is 2.91. The maximum Gasteiger partial charge on any atom is 0.262 e. The van der Waals surface area contributed by atoms with Gasteiger partial charge in [-0.05, 0) is 70.6 Å². The summed E-state index contributed by atoms with van der Waals surface area (Å²) in [5.41, 5.74) is 9.13. The van der Waals surface area contributed by atoms with E-state index in [9.17, 15) is 14.4 Å². The number of primary amides is 1. The molecule has 2 aromatic rings. The molecule has 0 aliphatic rings. The van der Waals surface area contributed by atoms with Crippen molar-refractivity contribution in [2.45, 2.75) is 33.2 Å². The van der Waals surface area contributed by atoms with Gasteiger partial charge < -0.3 is 20.5 Å². The molecule has 2 rings (SSSR count). The van der Waals surface area contributed by atoms with Gasteiger partial charge in [0, 0.05) is 0 Å². The summed E-state index contributed by atoms with van der Waals surface area (Å²) in [5, 5.41) is 6.70. The van der Waals surface area contributed by atoms with E-state index in [2.05, 4.69) is 31.8 Å². The molecular weight excluding hydrogens is 504 g/mol. The number of ether oxygens (including phenoxy) is 2. The molecule has 9 nitrogen and oxygen atoms in total. The number of carbonyl (C=O) groups is 3. The number of hydrazone groups is 1. The van der Waals surface area contributed by atoms with Crippen LogP contribution in [0, 0.1) is 12.8 Å². The van der Waals surface area contributed by atoms with Gasteiger partial charge in [0.2, 0.25) is 0 Å². The first-order valence-corrected chi connectivity index (χ1v) is 11.5. The summed E-state index contributed by atoms with van der Waals surface area (Å²) in [4.78, 5) is 35.9. The molecule has 0 fully saturated rings. The van der Waals surface area contributed by atoms with Gasteiger partial charge in [0.05, 0.1) is 10.7 Å². The third-order valence-corrected chi connectivity index (χ3v) is 5.15. The molecule has 0 saturated carbocycles. The first-order valence-electron chi connectivity index (χ1n) is 10.7. The average molecular weight is 533 g/mol. The average Bonchev–Trinajstić information content (AvgIpc) is 2.77. The normalized spacial score (nSPS) is 11.8. The lowest BCUT2D eigenvalue weighted by Gasteiger charge is -2.19. The Bertz CT molecular complexity index is 1040. The van der Waals surface area contributed by atoms with Gasteiger partial charge in [-0.1, -0.05) is 32.0 Å². The fraction of sp³-hybridized carbons (Fsp3) is 0.333. The lowest BCUT2D eigenvalue weighted by Crippen LogP contribution is -2.47. The zero-order valence-electron chi connectivity index (χ0n) is 19.3. The number of nitrogens with one attached hydrogen (secondary N) is 2. The highest BCUT2D eigenvalue weighted by atomic mass is 79.9. The molecule has 0 heterocycles. The van der Waals surface area contributed by atoms with Gasteiger partial charge in [-0.3, -0.25) is 14.4 Å². The van der Waals surface area contributed by atoms with E-state index >= 15 is 0 Å². The standard InChI is InChI=1S/C24H29BrN4O5/c1-15(2)10-19(28-23(31)14-34-20-7-5-4-6-16(20)3)24(32)29-27-12-17-8-9-21(18(25)11-17)33-13-22(26)30/h4-9,11-12,15,19H,10,13-14H2,1-3H3,(H2,26,30)(H,28,31)(H,29,32)/b27-12-/t19-/m1/s1. The van der Waals surface area contributed by atoms with Crippen LogP contribution in [0.5, 0.6) is 11.5 Å². The molecule has 0 spiro atoms. The summed E-state index contributed by atoms with van der Waals surface area (Å²) in [5.74, 6) is -0.179. The van der Waals surface area contributed by atoms with Crippen molar-refractivity contribution in [3.05, 3.63) is 58.1 Å². The minimum Gasteiger partial charge on any atom is -0.484 e. The molecule has 0 aromatic heterocycles. The number of hydrogen-bond donors (Lipinski definition) is 3. The van der Waals surface area contributed by atoms with Crippen LogP contribution >= 0.6 is 15.9 Å². The summed E-state index contributed by atoms with van der Waals surface area (Å²) < 4.78 is 11.4. The van der Waals surface area contributed by atoms with Crippen LogP contribution in [0.4, 0.5) is 0 Å². The zero-order valence-corrected chi connectivity index (χ0v) is 20.9. The highest BCUT2D eigenvalue weighted by Gasteiger charge is 2.22. The van der Waals surface area contributed by atoms with Gasteiger partial charge in [-0.25, -0.2) is 5.43 Å². The van der Waals surface area contributed by atoms with Crippen molar-refractivity contribution < 1.29 is 23.9 Å². The first-order chi connectivity index (χ1) is 16.2. The van der Waals surface area contributed by atoms with E-state index in [-0.39, 0.29) is 19.1 Å². The highest BCUT2D eigenvalue weighted by molar-refractivity contribution is 9.10. The minimum atomic E-state index is -0.763. The number of carbonyl (C=O) groups excluding carboxylic acids is 3. The summed E-state index contributed by atoms with van der Waals surface area (Å²) in [6.07, 6.45) is 1.89. The molecule has 0 radical (unpaired) electrons. The molecular formula is C24H29BrN4O5. The predicted molar refractivity (Wildman–Crippen MR) is 133 cm³/mol. The second-order valence-corrected chi connectivity index (χ2v) is 8.84. The summed E-state index contributed by atoms with van der Waals surface area (Å²) >= 11 is 3.35. The van der Waals surface area contributed by atoms with Gasteiger partial charge in [0.15, 0.2) is 13.2 Å². The summed E-state index contributed by atoms with van der Waals surface area (Å²) in [7, 11) is 0. The Morgan fingerprint density at radius 2 is 1.79 bits per heavy atom. The van der Waals surface area contributed by atoms with Crippen LogP contribution in [0.25, 0.3) is 0 Å². The molecule has 0 bridgehead atoms. The number of halogens is 1. The second-order valence-electron chi connectivity index (χ2n) is 7.98. The van der Waals surface area contributed by atoms with Crippen molar-refractivity contribution in [1.29, 1.82) is 0 Å². The number of para-hydroxylation sites is 1. The highest BCUT2D eigenvalue weighted by Crippen LogP contribution is 2.25. The van der Waals surface area contributed by atoms with Gasteiger partial charge >= 0.3 is 0 Å². The molecule has 182 valence electrons. The Hall–Kier alpha value is -3.40. The smallest absolute Gasteiger partial charge is 0.262 e. The Morgan fingerprint density at radius 3 is 2.44 bits per heavy atom. The van der Waals surface area contributed by atoms with E-state index in [0.29, 0.717) is 28.0 Å². The van der Waals surface area contributed by atoms with Crippen LogP contribution in [-0.2, 0) is 14.4 Å². The number of aryl methyl sites for hydroxylation is 1. The Labute approximate surface area is 207 Å². The molecule has 4 N–H and O–H groups in total. The van der Waals surface area contributed by atoms with E-state index in [1.54, 1.807) is 24.3 Å². The molecule has 0 unspecified atom stereocenters. The number of rotatable bonds is 12. The molecule has 3 amide bonds. The van der Waals surface area contributed by atoms with E-state index in [0.717, 1.165) is 5.56 Å². The molecule has 0 aliphatic carbocycles. The quantitative estimate of drug-likeness (QED) is 0.285. The minimum absolute atomic E-state index is 0.168. The van der Waals surface area contributed by atoms with Crippen LogP contribution < -0.4 is 25.9 Å². The van der Waals surface area contributed by atoms with Crippen molar-refractivity contribution in [3.8, 4) is 11.5 Å². The van der Waals surface area contributed by atoms with Crippen molar-refractivity contribution >= 4 is 39.9 Å². The molecule has 0 aliphatic heterocycles. The van der Waals surface area contributed by atoms with Gasteiger partial charge in [-0.2, -0.15) is 5.10 Å². The number of benzene rings is 2. The molecule has 0 saturated heterocycles. The number of hydrogen-bond acceptors (Lipinski definition) is 6. The zero-order chi connectivity index (χ0) is 25.1. The van der Waals surface area contributed by atoms with Gasteiger partial charge in [0.25, 0.3) is 17.7 Å². The largest absolute Gasteiger partial charge is 0.484 e. The third-order valence-electron chi connectivity index (χ3n) is 4.53. The van der Waals surface area contributed by atoms with Crippen LogP contribution in [0.1, 0.15) is 31.4 Å². The fourth-order valence-corrected chi connectivity index (χ4v) is 3.42. The van der Waals surface area contributed by atoms with Crippen molar-refractivity contribution in [2.75, 3.05) is 13.2 Å². The number of amides is 3. The lowest BCUT2D eigenvalue weighted by atomic mass is 10.0. The van der Waals surface area contributed by atoms with Gasteiger partial charge in [0.1, 0.15) is 17.5 Å². The number of nitrogens with zero attached hydrogens (tertiary/aromatic N) is 1. The first kappa shape index (κ1) is 26.8. The topological polar surface area (TPSA) is 132 Å². The predicted octanol–water partition coefficient (Wildman–Crippen LogP) is 2.68. The maximum absolute atomic E-state index is 12.6. The van der Waals surface area contributed by atoms with Crippen molar-refractivity contribution in [1.82, 2.24) is 10.7 Å². The maximum atomic E-state index is 12.6. The van der Waals surface area contributed by atoms with Crippen LogP contribution in [-0.4, -0.2) is 43.2 Å².